The lowest BCUT2D eigenvalue weighted by Crippen LogP contribution is -2.61. The molecule has 2 heterocycles. The molecule has 1 aliphatic carbocycles. The topological polar surface area (TPSA) is 74.7 Å². The number of fused-ring (bicyclic) bond motifs is 1. The first-order valence-corrected chi connectivity index (χ1v) is 10.2. The van der Waals surface area contributed by atoms with Crippen LogP contribution in [0.2, 0.25) is 0 Å². The highest BCUT2D eigenvalue weighted by Gasteiger charge is 2.53. The van der Waals surface area contributed by atoms with Gasteiger partial charge in [0.2, 0.25) is 5.91 Å². The molecule has 140 valence electrons. The second-order valence-corrected chi connectivity index (χ2v) is 8.40. The van der Waals surface area contributed by atoms with Gasteiger partial charge in [0.25, 0.3) is 0 Å². The van der Waals surface area contributed by atoms with Crippen LogP contribution < -0.4 is 0 Å². The van der Waals surface area contributed by atoms with Gasteiger partial charge in [-0.3, -0.25) is 14.5 Å². The summed E-state index contributed by atoms with van der Waals surface area (Å²) >= 11 is 1.55. The number of ketones is 1. The summed E-state index contributed by atoms with van der Waals surface area (Å²) in [5.74, 6) is -0.621. The Morgan fingerprint density at radius 2 is 1.96 bits per heavy atom. The van der Waals surface area contributed by atoms with E-state index in [0.29, 0.717) is 23.7 Å². The molecule has 4 rings (SSSR count). The number of benzene rings is 1. The largest absolute Gasteiger partial charge is 0.477 e. The number of β-lactam (4-membered cyclic amide) rings is 1. The first kappa shape index (κ1) is 18.0. The highest BCUT2D eigenvalue weighted by Crippen LogP contribution is 2.45. The molecule has 0 spiro atoms. The number of Topliss-reactive ketones (excluding diaryl/α,β-unsaturated/α-hetero) is 1. The summed E-state index contributed by atoms with van der Waals surface area (Å²) < 4.78 is 0. The Kier molecular flexibility index (Phi) is 4.91. The molecule has 27 heavy (non-hydrogen) atoms. The molecule has 6 heteroatoms. The normalized spacial score (nSPS) is 24.7. The predicted molar refractivity (Wildman–Crippen MR) is 103 cm³/mol. The molecule has 1 N–H and O–H groups in total. The molecule has 1 amide bonds. The Balaban J connectivity index is 1.45. The maximum atomic E-state index is 12.6. The van der Waals surface area contributed by atoms with Crippen molar-refractivity contribution in [3.8, 4) is 0 Å². The summed E-state index contributed by atoms with van der Waals surface area (Å²) in [6, 6.07) is 9.46. The number of hydrogen-bond acceptors (Lipinski definition) is 4. The summed E-state index contributed by atoms with van der Waals surface area (Å²) in [7, 11) is 0. The summed E-state index contributed by atoms with van der Waals surface area (Å²) in [5.41, 5.74) is 1.71. The van der Waals surface area contributed by atoms with E-state index in [0.717, 1.165) is 18.4 Å². The van der Waals surface area contributed by atoms with E-state index in [9.17, 15) is 19.5 Å². The van der Waals surface area contributed by atoms with Crippen molar-refractivity contribution >= 4 is 29.4 Å². The smallest absolute Gasteiger partial charge is 0.352 e. The lowest BCUT2D eigenvalue weighted by atomic mass is 9.89. The standard InChI is InChI=1S/C21H21NO4S/c23-16(10-14-4-2-1-3-5-14)11-17-19(24)22-18(21(25)26)15(12-27-20(17)22)9-8-13-6-7-13/h1-5,8-9,13,17,20H,6-7,10-12H2,(H,25,26)/b9-8+/t17-,20?/m1/s1. The number of nitrogens with zero attached hydrogens (tertiary/aromatic N) is 1. The minimum atomic E-state index is -1.07. The number of hydrogen-bond donors (Lipinski definition) is 1. The molecule has 2 atom stereocenters. The number of thioether (sulfide) groups is 1. The van der Waals surface area contributed by atoms with Crippen molar-refractivity contribution in [2.45, 2.75) is 31.1 Å². The minimum Gasteiger partial charge on any atom is -0.477 e. The van der Waals surface area contributed by atoms with Crippen LogP contribution in [0.25, 0.3) is 0 Å². The summed E-state index contributed by atoms with van der Waals surface area (Å²) in [6.07, 6.45) is 6.68. The van der Waals surface area contributed by atoms with E-state index in [1.165, 1.54) is 4.90 Å². The number of rotatable bonds is 7. The molecular weight excluding hydrogens is 362 g/mol. The van der Waals surface area contributed by atoms with Crippen LogP contribution >= 0.6 is 11.8 Å². The third-order valence-electron chi connectivity index (χ3n) is 5.19. The van der Waals surface area contributed by atoms with Crippen LogP contribution in [0.5, 0.6) is 0 Å². The van der Waals surface area contributed by atoms with Crippen LogP contribution in [0.4, 0.5) is 0 Å². The molecule has 5 nitrogen and oxygen atoms in total. The van der Waals surface area contributed by atoms with Crippen molar-refractivity contribution in [1.29, 1.82) is 0 Å². The van der Waals surface area contributed by atoms with Crippen LogP contribution in [-0.2, 0) is 20.8 Å². The summed E-state index contributed by atoms with van der Waals surface area (Å²) in [5, 5.41) is 9.38. The molecule has 1 aromatic carbocycles. The molecule has 1 saturated heterocycles. The quantitative estimate of drug-likeness (QED) is 0.733. The van der Waals surface area contributed by atoms with Gasteiger partial charge in [-0.2, -0.15) is 0 Å². The van der Waals surface area contributed by atoms with E-state index < -0.39 is 11.9 Å². The second-order valence-electron chi connectivity index (χ2n) is 7.30. The first-order valence-electron chi connectivity index (χ1n) is 9.19. The van der Waals surface area contributed by atoms with E-state index in [4.69, 9.17) is 0 Å². The highest BCUT2D eigenvalue weighted by atomic mass is 32.2. The second kappa shape index (κ2) is 7.35. The van der Waals surface area contributed by atoms with Crippen molar-refractivity contribution in [1.82, 2.24) is 4.90 Å². The van der Waals surface area contributed by atoms with Crippen molar-refractivity contribution in [2.75, 3.05) is 5.75 Å². The molecule has 0 bridgehead atoms. The van der Waals surface area contributed by atoms with Crippen LogP contribution in [0.3, 0.4) is 0 Å². The summed E-state index contributed by atoms with van der Waals surface area (Å²) in [4.78, 5) is 38.2. The molecule has 0 radical (unpaired) electrons. The average Bonchev–Trinajstić information content (AvgIpc) is 3.48. The molecule has 1 saturated carbocycles. The first-order chi connectivity index (χ1) is 13.0. The van der Waals surface area contributed by atoms with Gasteiger partial charge in [-0.25, -0.2) is 4.79 Å². The Morgan fingerprint density at radius 3 is 2.63 bits per heavy atom. The van der Waals surface area contributed by atoms with Gasteiger partial charge in [0.1, 0.15) is 11.5 Å². The average molecular weight is 383 g/mol. The number of amides is 1. The van der Waals surface area contributed by atoms with Crippen LogP contribution in [-0.4, -0.2) is 38.8 Å². The van der Waals surface area contributed by atoms with E-state index in [2.05, 4.69) is 0 Å². The number of aliphatic carboxylic acids is 1. The number of carbonyl (C=O) groups is 3. The van der Waals surface area contributed by atoms with Gasteiger partial charge in [0.15, 0.2) is 0 Å². The van der Waals surface area contributed by atoms with Gasteiger partial charge in [0.05, 0.1) is 11.3 Å². The number of carbonyl (C=O) groups excluding carboxylic acids is 2. The number of allylic oxidation sites excluding steroid dienone is 2. The third-order valence-corrected chi connectivity index (χ3v) is 6.55. The molecule has 2 fully saturated rings. The lowest BCUT2D eigenvalue weighted by molar-refractivity contribution is -0.153. The molecule has 0 aromatic heterocycles. The minimum absolute atomic E-state index is 0.0140. The van der Waals surface area contributed by atoms with Gasteiger partial charge in [0, 0.05) is 18.6 Å². The maximum Gasteiger partial charge on any atom is 0.352 e. The zero-order valence-electron chi connectivity index (χ0n) is 14.8. The van der Waals surface area contributed by atoms with Gasteiger partial charge in [-0.05, 0) is 29.9 Å². The monoisotopic (exact) mass is 383 g/mol. The van der Waals surface area contributed by atoms with Gasteiger partial charge in [-0.15, -0.1) is 11.8 Å². The van der Waals surface area contributed by atoms with Crippen molar-refractivity contribution in [2.24, 2.45) is 11.8 Å². The Bertz CT molecular complexity index is 841. The van der Waals surface area contributed by atoms with Gasteiger partial charge >= 0.3 is 5.97 Å². The Hall–Kier alpha value is -2.34. The molecule has 2 aliphatic heterocycles. The fraction of sp³-hybridized carbons (Fsp3) is 0.381. The zero-order valence-corrected chi connectivity index (χ0v) is 15.7. The predicted octanol–water partition coefficient (Wildman–Crippen LogP) is 3.02. The van der Waals surface area contributed by atoms with Crippen LogP contribution in [0.15, 0.2) is 53.8 Å². The lowest BCUT2D eigenvalue weighted by Gasteiger charge is -2.49. The van der Waals surface area contributed by atoms with E-state index in [1.807, 2.05) is 42.5 Å². The molecular formula is C21H21NO4S. The van der Waals surface area contributed by atoms with Crippen molar-refractivity contribution in [3.05, 3.63) is 59.3 Å². The van der Waals surface area contributed by atoms with Gasteiger partial charge in [-0.1, -0.05) is 42.5 Å². The number of carboxylic acids is 1. The summed E-state index contributed by atoms with van der Waals surface area (Å²) in [6.45, 7) is 0. The van der Waals surface area contributed by atoms with Crippen molar-refractivity contribution in [3.63, 3.8) is 0 Å². The number of carboxylic acid groups (broad SMARTS) is 1. The van der Waals surface area contributed by atoms with Crippen LogP contribution in [0.1, 0.15) is 24.8 Å². The Labute approximate surface area is 162 Å². The van der Waals surface area contributed by atoms with Crippen molar-refractivity contribution < 1.29 is 19.5 Å². The fourth-order valence-corrected chi connectivity index (χ4v) is 4.97. The SMILES string of the molecule is O=C(Cc1ccccc1)C[C@@H]1C(=O)N2C(C(=O)O)=C(/C=C/C3CC3)CSC12. The fourth-order valence-electron chi connectivity index (χ4n) is 3.59. The highest BCUT2D eigenvalue weighted by molar-refractivity contribution is 8.00. The third kappa shape index (κ3) is 3.72. The molecule has 3 aliphatic rings. The molecule has 1 aromatic rings. The molecule has 1 unspecified atom stereocenters. The maximum absolute atomic E-state index is 12.6. The van der Waals surface area contributed by atoms with E-state index in [-0.39, 0.29) is 29.2 Å². The Morgan fingerprint density at radius 1 is 1.22 bits per heavy atom. The zero-order chi connectivity index (χ0) is 19.0. The van der Waals surface area contributed by atoms with E-state index >= 15 is 0 Å². The van der Waals surface area contributed by atoms with E-state index in [1.54, 1.807) is 11.8 Å². The van der Waals surface area contributed by atoms with Crippen LogP contribution in [0, 0.1) is 11.8 Å². The van der Waals surface area contributed by atoms with Gasteiger partial charge < -0.3 is 5.11 Å².